The van der Waals surface area contributed by atoms with Gasteiger partial charge in [0.25, 0.3) is 0 Å². The van der Waals surface area contributed by atoms with Crippen LogP contribution in [0.25, 0.3) is 11.1 Å². The van der Waals surface area contributed by atoms with Crippen molar-refractivity contribution in [1.29, 1.82) is 0 Å². The zero-order chi connectivity index (χ0) is 27.9. The molecule has 7 nitrogen and oxygen atoms in total. The average molecular weight is 540 g/mol. The molecule has 0 aliphatic carbocycles. The second-order valence-electron chi connectivity index (χ2n) is 10.0. The Bertz CT molecular complexity index is 1250. The largest absolute Gasteiger partial charge is 0.496 e. The fraction of sp³-hybridized carbons (Fsp3) is 0.333. The first-order valence-electron chi connectivity index (χ1n) is 12.4. The number of ether oxygens (including phenoxy) is 2. The Morgan fingerprint density at radius 2 is 1.68 bits per heavy atom. The lowest BCUT2D eigenvalue weighted by Crippen LogP contribution is -2.40. The molecule has 1 amide bonds. The van der Waals surface area contributed by atoms with Crippen LogP contribution in [0, 0.1) is 0 Å². The highest BCUT2D eigenvalue weighted by atomic mass is 35.5. The van der Waals surface area contributed by atoms with Gasteiger partial charge in [-0.25, -0.2) is 9.59 Å². The maximum Gasteiger partial charge on any atom is 0.410 e. The van der Waals surface area contributed by atoms with Crippen molar-refractivity contribution in [2.75, 3.05) is 20.2 Å². The summed E-state index contributed by atoms with van der Waals surface area (Å²) < 4.78 is 10.8. The van der Waals surface area contributed by atoms with Gasteiger partial charge < -0.3 is 24.6 Å². The molecule has 0 aliphatic rings. The molecule has 0 radical (unpaired) electrons. The van der Waals surface area contributed by atoms with E-state index in [1.807, 2.05) is 45.0 Å². The fourth-order valence-corrected chi connectivity index (χ4v) is 4.20. The highest BCUT2D eigenvalue weighted by Crippen LogP contribution is 2.28. The second-order valence-corrected chi connectivity index (χ2v) is 10.5. The average Bonchev–Trinajstić information content (AvgIpc) is 2.87. The van der Waals surface area contributed by atoms with Gasteiger partial charge in [-0.05, 0) is 80.1 Å². The highest BCUT2D eigenvalue weighted by Gasteiger charge is 2.24. The summed E-state index contributed by atoms with van der Waals surface area (Å²) >= 11 is 6.07. The van der Waals surface area contributed by atoms with Gasteiger partial charge >= 0.3 is 12.1 Å². The van der Waals surface area contributed by atoms with Gasteiger partial charge in [-0.15, -0.1) is 0 Å². The molecule has 0 heterocycles. The Hall–Kier alpha value is -3.55. The number of hydrogen-bond acceptors (Lipinski definition) is 5. The molecule has 0 unspecified atom stereocenters. The third-order valence-corrected chi connectivity index (χ3v) is 6.13. The van der Waals surface area contributed by atoms with Crippen LogP contribution in [-0.4, -0.2) is 53.0 Å². The summed E-state index contributed by atoms with van der Waals surface area (Å²) in [6.45, 7) is 5.92. The minimum Gasteiger partial charge on any atom is -0.496 e. The summed E-state index contributed by atoms with van der Waals surface area (Å²) in [5, 5.41) is 20.6. The third-order valence-electron chi connectivity index (χ3n) is 5.89. The minimum atomic E-state index is -1.04. The number of aryl methyl sites for hydroxylation is 1. The van der Waals surface area contributed by atoms with Crippen molar-refractivity contribution in [3.05, 3.63) is 88.4 Å². The van der Waals surface area contributed by atoms with E-state index in [1.165, 1.54) is 18.1 Å². The van der Waals surface area contributed by atoms with E-state index < -0.39 is 23.8 Å². The molecule has 0 bridgehead atoms. The number of benzene rings is 3. The number of amides is 1. The normalized spacial score (nSPS) is 12.1. The van der Waals surface area contributed by atoms with Crippen LogP contribution in [0.15, 0.2) is 66.7 Å². The van der Waals surface area contributed by atoms with Crippen molar-refractivity contribution in [2.45, 2.75) is 45.3 Å². The van der Waals surface area contributed by atoms with Crippen molar-refractivity contribution in [1.82, 2.24) is 4.90 Å². The van der Waals surface area contributed by atoms with Crippen molar-refractivity contribution < 1.29 is 29.3 Å². The van der Waals surface area contributed by atoms with Crippen LogP contribution < -0.4 is 4.74 Å². The maximum atomic E-state index is 12.9. The number of rotatable bonds is 10. The van der Waals surface area contributed by atoms with E-state index in [0.29, 0.717) is 35.7 Å². The molecule has 0 fully saturated rings. The van der Waals surface area contributed by atoms with E-state index in [1.54, 1.807) is 36.4 Å². The van der Waals surface area contributed by atoms with Crippen LogP contribution >= 0.6 is 11.6 Å². The lowest BCUT2D eigenvalue weighted by atomic mass is 10.0. The van der Waals surface area contributed by atoms with Gasteiger partial charge in [0.2, 0.25) is 0 Å². The molecule has 0 saturated heterocycles. The predicted molar refractivity (Wildman–Crippen MR) is 148 cm³/mol. The summed E-state index contributed by atoms with van der Waals surface area (Å²) in [5.74, 6) is -0.731. The van der Waals surface area contributed by atoms with Crippen molar-refractivity contribution >= 4 is 23.7 Å². The van der Waals surface area contributed by atoms with Gasteiger partial charge in [0.15, 0.2) is 0 Å². The van der Waals surface area contributed by atoms with Gasteiger partial charge in [0.1, 0.15) is 16.9 Å². The zero-order valence-corrected chi connectivity index (χ0v) is 22.9. The van der Waals surface area contributed by atoms with E-state index in [-0.39, 0.29) is 12.1 Å². The van der Waals surface area contributed by atoms with E-state index in [2.05, 4.69) is 0 Å². The molecule has 0 aliphatic heterocycles. The van der Waals surface area contributed by atoms with Gasteiger partial charge in [0, 0.05) is 11.6 Å². The summed E-state index contributed by atoms with van der Waals surface area (Å²) in [5.41, 5.74) is 2.96. The smallest absolute Gasteiger partial charge is 0.410 e. The summed E-state index contributed by atoms with van der Waals surface area (Å²) in [6, 6.07) is 19.9. The van der Waals surface area contributed by atoms with Crippen molar-refractivity contribution in [2.24, 2.45) is 0 Å². The molecular weight excluding hydrogens is 506 g/mol. The van der Waals surface area contributed by atoms with Gasteiger partial charge in [0.05, 0.1) is 19.8 Å². The molecule has 0 spiro atoms. The van der Waals surface area contributed by atoms with Gasteiger partial charge in [-0.1, -0.05) is 54.1 Å². The molecule has 0 saturated carbocycles. The highest BCUT2D eigenvalue weighted by molar-refractivity contribution is 6.30. The molecule has 3 aromatic rings. The Balaban J connectivity index is 1.66. The van der Waals surface area contributed by atoms with Gasteiger partial charge in [-0.2, -0.15) is 0 Å². The van der Waals surface area contributed by atoms with Crippen LogP contribution in [0.2, 0.25) is 5.02 Å². The topological polar surface area (TPSA) is 96.3 Å². The van der Waals surface area contributed by atoms with Crippen LogP contribution in [0.3, 0.4) is 0 Å². The first-order chi connectivity index (χ1) is 18.0. The number of carboxylic acid groups (broad SMARTS) is 1. The van der Waals surface area contributed by atoms with E-state index in [0.717, 1.165) is 16.7 Å². The number of hydrogen-bond donors (Lipinski definition) is 2. The summed E-state index contributed by atoms with van der Waals surface area (Å²) in [7, 11) is 1.45. The monoisotopic (exact) mass is 539 g/mol. The van der Waals surface area contributed by atoms with Crippen LogP contribution in [0.5, 0.6) is 5.75 Å². The number of aliphatic hydroxyl groups excluding tert-OH is 1. The van der Waals surface area contributed by atoms with Crippen molar-refractivity contribution in [3.63, 3.8) is 0 Å². The fourth-order valence-electron chi connectivity index (χ4n) is 4.00. The van der Waals surface area contributed by atoms with Crippen molar-refractivity contribution in [3.8, 4) is 16.9 Å². The standard InChI is InChI=1S/C30H34ClNO6/c1-30(2,3)38-29(36)32(19-26(33)23-8-5-9-24(31)17-23)16-6-7-20-10-12-21(13-11-20)22-14-15-25(28(34)35)27(18-22)37-4/h5,8-15,17-18,26,33H,6-7,16,19H2,1-4H3,(H,34,35)/t26-/m0/s1. The molecule has 8 heteroatoms. The number of methoxy groups -OCH3 is 1. The third kappa shape index (κ3) is 8.23. The quantitative estimate of drug-likeness (QED) is 0.300. The van der Waals surface area contributed by atoms with E-state index >= 15 is 0 Å². The number of nitrogens with zero attached hydrogens (tertiary/aromatic N) is 1. The molecule has 2 N–H and O–H groups in total. The first-order valence-corrected chi connectivity index (χ1v) is 12.8. The first kappa shape index (κ1) is 29.0. The Kier molecular flexibility index (Phi) is 9.78. The lowest BCUT2D eigenvalue weighted by Gasteiger charge is -2.29. The van der Waals surface area contributed by atoms with Crippen LogP contribution in [-0.2, 0) is 11.2 Å². The Morgan fingerprint density at radius 1 is 1.00 bits per heavy atom. The number of carbonyl (C=O) groups is 2. The lowest BCUT2D eigenvalue weighted by molar-refractivity contribution is 0.0142. The molecule has 1 atom stereocenters. The van der Waals surface area contributed by atoms with E-state index in [9.17, 15) is 19.8 Å². The summed E-state index contributed by atoms with van der Waals surface area (Å²) in [6.07, 6.45) is 0.00788. The molecule has 38 heavy (non-hydrogen) atoms. The summed E-state index contributed by atoms with van der Waals surface area (Å²) in [4.78, 5) is 25.7. The second kappa shape index (κ2) is 12.8. The maximum absolute atomic E-state index is 12.9. The zero-order valence-electron chi connectivity index (χ0n) is 22.1. The number of carboxylic acids is 1. The Labute approximate surface area is 228 Å². The number of aliphatic hydroxyl groups is 1. The predicted octanol–water partition coefficient (Wildman–Crippen LogP) is 6.62. The van der Waals surface area contributed by atoms with Crippen LogP contribution in [0.1, 0.15) is 54.8 Å². The van der Waals surface area contributed by atoms with Gasteiger partial charge in [-0.3, -0.25) is 0 Å². The van der Waals surface area contributed by atoms with E-state index in [4.69, 9.17) is 21.1 Å². The minimum absolute atomic E-state index is 0.0857. The Morgan fingerprint density at radius 3 is 2.29 bits per heavy atom. The molecule has 3 aromatic carbocycles. The molecular formula is C30H34ClNO6. The van der Waals surface area contributed by atoms with Crippen LogP contribution in [0.4, 0.5) is 4.79 Å². The molecule has 3 rings (SSSR count). The SMILES string of the molecule is COc1cc(-c2ccc(CCCN(C[C@H](O)c3cccc(Cl)c3)C(=O)OC(C)(C)C)cc2)ccc1C(=O)O. The number of carbonyl (C=O) groups excluding carboxylic acids is 1. The number of halogens is 1. The molecule has 0 aromatic heterocycles. The number of aromatic carboxylic acids is 1. The molecule has 202 valence electrons.